The first kappa shape index (κ1) is 13.3. The van der Waals surface area contributed by atoms with Crippen LogP contribution in [0.2, 0.25) is 4.47 Å². The van der Waals surface area contributed by atoms with E-state index in [4.69, 9.17) is 21.4 Å². The lowest BCUT2D eigenvalue weighted by Gasteiger charge is -2.03. The molecule has 8 heteroatoms. The highest BCUT2D eigenvalue weighted by atomic mass is 35.5. The number of amides is 1. The van der Waals surface area contributed by atoms with Gasteiger partial charge in [-0.2, -0.15) is 0 Å². The van der Waals surface area contributed by atoms with Crippen LogP contribution in [0, 0.1) is 0 Å². The van der Waals surface area contributed by atoms with Crippen molar-refractivity contribution in [1.82, 2.24) is 15.5 Å². The molecular weight excluding hydrogens is 254 g/mol. The van der Waals surface area contributed by atoms with Crippen molar-refractivity contribution >= 4 is 28.8 Å². The Bertz CT molecular complexity index is 334. The summed E-state index contributed by atoms with van der Waals surface area (Å²) in [7, 11) is 0. The van der Waals surface area contributed by atoms with Gasteiger partial charge in [-0.25, -0.2) is 0 Å². The summed E-state index contributed by atoms with van der Waals surface area (Å²) in [4.78, 5) is 11.4. The fourth-order valence-corrected chi connectivity index (χ4v) is 1.66. The van der Waals surface area contributed by atoms with E-state index in [1.807, 2.05) is 0 Å². The lowest BCUT2D eigenvalue weighted by molar-refractivity contribution is 0.0867. The highest BCUT2D eigenvalue weighted by Crippen LogP contribution is 2.14. The van der Waals surface area contributed by atoms with E-state index in [9.17, 15) is 4.79 Å². The smallest absolute Gasteiger partial charge is 0.282 e. The quantitative estimate of drug-likeness (QED) is 0.694. The number of ether oxygens (including phenoxy) is 1. The molecule has 0 fully saturated rings. The molecule has 0 aliphatic carbocycles. The summed E-state index contributed by atoms with van der Waals surface area (Å²) in [5, 5.41) is 18.5. The molecule has 0 aliphatic heterocycles. The third-order valence-corrected chi connectivity index (χ3v) is 2.60. The van der Waals surface area contributed by atoms with Crippen LogP contribution in [0.4, 0.5) is 0 Å². The van der Waals surface area contributed by atoms with Crippen molar-refractivity contribution in [1.29, 1.82) is 0 Å². The van der Waals surface area contributed by atoms with Crippen LogP contribution < -0.4 is 5.32 Å². The Kier molecular flexibility index (Phi) is 6.24. The molecule has 1 aromatic rings. The molecule has 0 saturated heterocycles. The zero-order valence-corrected chi connectivity index (χ0v) is 10.1. The van der Waals surface area contributed by atoms with Crippen LogP contribution in [0.25, 0.3) is 0 Å². The fourth-order valence-electron chi connectivity index (χ4n) is 0.915. The average molecular weight is 266 g/mol. The second-order valence-corrected chi connectivity index (χ2v) is 4.37. The molecule has 0 radical (unpaired) electrons. The zero-order chi connectivity index (χ0) is 11.8. The molecule has 0 aromatic carbocycles. The lowest BCUT2D eigenvalue weighted by Crippen LogP contribution is -2.25. The van der Waals surface area contributed by atoms with Gasteiger partial charge in [0.1, 0.15) is 0 Å². The second kappa shape index (κ2) is 7.50. The third-order valence-electron chi connectivity index (χ3n) is 1.58. The minimum absolute atomic E-state index is 0.00957. The Morgan fingerprint density at radius 3 is 2.94 bits per heavy atom. The summed E-state index contributed by atoms with van der Waals surface area (Å²) in [6, 6.07) is 0. The Hall–Kier alpha value is -0.760. The largest absolute Gasteiger partial charge is 0.394 e. The van der Waals surface area contributed by atoms with Crippen LogP contribution in [0.1, 0.15) is 16.2 Å². The van der Waals surface area contributed by atoms with Gasteiger partial charge in [0, 0.05) is 13.2 Å². The molecular formula is C8H12ClN3O3S. The fraction of sp³-hybridized carbons (Fsp3) is 0.625. The van der Waals surface area contributed by atoms with Crippen LogP contribution in [-0.4, -0.2) is 47.6 Å². The van der Waals surface area contributed by atoms with Crippen LogP contribution in [-0.2, 0) is 4.74 Å². The van der Waals surface area contributed by atoms with Gasteiger partial charge < -0.3 is 15.2 Å². The maximum absolute atomic E-state index is 11.4. The van der Waals surface area contributed by atoms with Crippen LogP contribution in [0.15, 0.2) is 0 Å². The van der Waals surface area contributed by atoms with Gasteiger partial charge in [-0.1, -0.05) is 11.3 Å². The number of aliphatic hydroxyl groups excluding tert-OH is 1. The molecule has 0 saturated carbocycles. The van der Waals surface area contributed by atoms with E-state index in [0.717, 1.165) is 11.3 Å². The second-order valence-electron chi connectivity index (χ2n) is 2.81. The van der Waals surface area contributed by atoms with Gasteiger partial charge in [-0.15, -0.1) is 10.2 Å². The molecule has 1 amide bonds. The van der Waals surface area contributed by atoms with Gasteiger partial charge in [-0.3, -0.25) is 4.79 Å². The minimum atomic E-state index is -0.286. The summed E-state index contributed by atoms with van der Waals surface area (Å²) in [6.07, 6.45) is 0.679. The van der Waals surface area contributed by atoms with Gasteiger partial charge in [0.15, 0.2) is 0 Å². The number of halogens is 1. The van der Waals surface area contributed by atoms with E-state index >= 15 is 0 Å². The van der Waals surface area contributed by atoms with Gasteiger partial charge >= 0.3 is 0 Å². The average Bonchev–Trinajstić information content (AvgIpc) is 2.70. The third kappa shape index (κ3) is 4.84. The van der Waals surface area contributed by atoms with Crippen molar-refractivity contribution in [3.8, 4) is 0 Å². The SMILES string of the molecule is O=C(NCCCOCCO)c1nnc(Cl)s1. The molecule has 6 nitrogen and oxygen atoms in total. The summed E-state index contributed by atoms with van der Waals surface area (Å²) < 4.78 is 5.27. The van der Waals surface area contributed by atoms with E-state index in [-0.39, 0.29) is 22.0 Å². The maximum atomic E-state index is 11.4. The molecule has 2 N–H and O–H groups in total. The molecule has 1 rings (SSSR count). The van der Waals surface area contributed by atoms with Crippen molar-refractivity contribution in [2.45, 2.75) is 6.42 Å². The first-order chi connectivity index (χ1) is 7.74. The molecule has 1 aromatic heterocycles. The molecule has 0 unspecified atom stereocenters. The number of aromatic nitrogens is 2. The Labute approximate surface area is 102 Å². The normalized spacial score (nSPS) is 10.4. The number of nitrogens with one attached hydrogen (secondary N) is 1. The van der Waals surface area contributed by atoms with Crippen molar-refractivity contribution in [2.75, 3.05) is 26.4 Å². The first-order valence-corrected chi connectivity index (χ1v) is 5.89. The summed E-state index contributed by atoms with van der Waals surface area (Å²) in [5.41, 5.74) is 0. The maximum Gasteiger partial charge on any atom is 0.282 e. The van der Waals surface area contributed by atoms with E-state index in [0.29, 0.717) is 26.2 Å². The standard InChI is InChI=1S/C8H12ClN3O3S/c9-8-12-11-7(16-8)6(14)10-2-1-4-15-5-3-13/h13H,1-5H2,(H,10,14). The van der Waals surface area contributed by atoms with Gasteiger partial charge in [-0.05, 0) is 18.0 Å². The number of nitrogens with zero attached hydrogens (tertiary/aromatic N) is 2. The molecule has 90 valence electrons. The molecule has 0 atom stereocenters. The molecule has 0 aliphatic rings. The van der Waals surface area contributed by atoms with Crippen molar-refractivity contribution < 1.29 is 14.6 Å². The number of hydrogen-bond acceptors (Lipinski definition) is 6. The van der Waals surface area contributed by atoms with Crippen LogP contribution in [0.5, 0.6) is 0 Å². The number of carbonyl (C=O) groups excluding carboxylic acids is 1. The summed E-state index contributed by atoms with van der Waals surface area (Å²) >= 11 is 6.58. The summed E-state index contributed by atoms with van der Waals surface area (Å²) in [6.45, 7) is 1.31. The Balaban J connectivity index is 2.11. The van der Waals surface area contributed by atoms with Crippen LogP contribution >= 0.6 is 22.9 Å². The molecule has 0 spiro atoms. The monoisotopic (exact) mass is 265 g/mol. The topological polar surface area (TPSA) is 84.3 Å². The van der Waals surface area contributed by atoms with Gasteiger partial charge in [0.25, 0.3) is 5.91 Å². The van der Waals surface area contributed by atoms with Crippen molar-refractivity contribution in [3.05, 3.63) is 9.47 Å². The molecule has 0 bridgehead atoms. The summed E-state index contributed by atoms with van der Waals surface area (Å²) in [5.74, 6) is -0.286. The van der Waals surface area contributed by atoms with E-state index in [1.165, 1.54) is 0 Å². The van der Waals surface area contributed by atoms with Gasteiger partial charge in [0.2, 0.25) is 9.47 Å². The van der Waals surface area contributed by atoms with Crippen molar-refractivity contribution in [3.63, 3.8) is 0 Å². The number of carbonyl (C=O) groups is 1. The Morgan fingerprint density at radius 1 is 1.50 bits per heavy atom. The van der Waals surface area contributed by atoms with E-state index in [1.54, 1.807) is 0 Å². The predicted molar refractivity (Wildman–Crippen MR) is 59.8 cm³/mol. The minimum Gasteiger partial charge on any atom is -0.394 e. The highest BCUT2D eigenvalue weighted by molar-refractivity contribution is 7.17. The van der Waals surface area contributed by atoms with Crippen molar-refractivity contribution in [2.24, 2.45) is 0 Å². The Morgan fingerprint density at radius 2 is 2.31 bits per heavy atom. The van der Waals surface area contributed by atoms with E-state index < -0.39 is 0 Å². The molecule has 16 heavy (non-hydrogen) atoms. The van der Waals surface area contributed by atoms with E-state index in [2.05, 4.69) is 15.5 Å². The number of rotatable bonds is 7. The zero-order valence-electron chi connectivity index (χ0n) is 8.48. The van der Waals surface area contributed by atoms with Gasteiger partial charge in [0.05, 0.1) is 13.2 Å². The molecule has 1 heterocycles. The first-order valence-electron chi connectivity index (χ1n) is 4.70. The lowest BCUT2D eigenvalue weighted by atomic mass is 10.4. The predicted octanol–water partition coefficient (Wildman–Crippen LogP) is 0.320. The highest BCUT2D eigenvalue weighted by Gasteiger charge is 2.10. The van der Waals surface area contributed by atoms with Crippen LogP contribution in [0.3, 0.4) is 0 Å². The number of hydrogen-bond donors (Lipinski definition) is 2. The number of aliphatic hydroxyl groups is 1.